The molecule has 1 aliphatic rings. The van der Waals surface area contributed by atoms with E-state index in [0.29, 0.717) is 0 Å². The van der Waals surface area contributed by atoms with Gasteiger partial charge in [0, 0.05) is 6.54 Å². The predicted molar refractivity (Wildman–Crippen MR) is 94.5 cm³/mol. The molecule has 3 aromatic rings. The van der Waals surface area contributed by atoms with E-state index in [9.17, 15) is 0 Å². The van der Waals surface area contributed by atoms with E-state index in [2.05, 4.69) is 80.4 Å². The number of hydrogen-bond acceptors (Lipinski definition) is 4. The molecule has 1 aliphatic heterocycles. The van der Waals surface area contributed by atoms with Gasteiger partial charge in [-0.3, -0.25) is 0 Å². The molecule has 0 saturated carbocycles. The summed E-state index contributed by atoms with van der Waals surface area (Å²) in [6.45, 7) is 0.988. The Hall–Kier alpha value is -2.53. The molecule has 1 fully saturated rings. The third kappa shape index (κ3) is 2.33. The highest BCUT2D eigenvalue weighted by atomic mass is 28.3. The molecule has 0 N–H and O–H groups in total. The molecule has 1 aromatic heterocycles. The molecule has 0 aliphatic carbocycles. The van der Waals surface area contributed by atoms with Gasteiger partial charge in [0.05, 0.1) is 12.4 Å². The molecule has 0 bridgehead atoms. The van der Waals surface area contributed by atoms with E-state index in [0.717, 1.165) is 18.9 Å². The van der Waals surface area contributed by atoms with Crippen LogP contribution in [0.2, 0.25) is 6.04 Å². The maximum atomic E-state index is 4.49. The van der Waals surface area contributed by atoms with Crippen molar-refractivity contribution in [1.29, 1.82) is 0 Å². The van der Waals surface area contributed by atoms with Gasteiger partial charge in [-0.15, -0.1) is 5.10 Å². The molecule has 2 aromatic carbocycles. The maximum Gasteiger partial charge on any atom is 0.237 e. The van der Waals surface area contributed by atoms with E-state index < -0.39 is 8.24 Å². The predicted octanol–water partition coefficient (Wildman–Crippen LogP) is 1.84. The molecule has 0 amide bonds. The van der Waals surface area contributed by atoms with Gasteiger partial charge in [-0.1, -0.05) is 60.7 Å². The molecule has 1 saturated heterocycles. The quantitative estimate of drug-likeness (QED) is 0.691. The first kappa shape index (κ1) is 14.1. The van der Waals surface area contributed by atoms with Crippen molar-refractivity contribution in [3.05, 3.63) is 73.1 Å². The minimum Gasteiger partial charge on any atom is -0.358 e. The van der Waals surface area contributed by atoms with Crippen molar-refractivity contribution >= 4 is 24.6 Å². The number of aromatic nitrogens is 3. The fourth-order valence-electron chi connectivity index (χ4n) is 3.65. The van der Waals surface area contributed by atoms with Gasteiger partial charge in [0.1, 0.15) is 0 Å². The average molecular weight is 318 g/mol. The molecule has 4 rings (SSSR count). The summed E-state index contributed by atoms with van der Waals surface area (Å²) in [5.74, 6) is 0.754. The topological polar surface area (TPSA) is 41.9 Å². The lowest BCUT2D eigenvalue weighted by Gasteiger charge is -2.37. The van der Waals surface area contributed by atoms with Gasteiger partial charge in [0.25, 0.3) is 0 Å². The fraction of sp³-hybridized carbons (Fsp3) is 0.167. The fourth-order valence-corrected chi connectivity index (χ4v) is 8.59. The Kier molecular flexibility index (Phi) is 3.63. The first-order valence-electron chi connectivity index (χ1n) is 7.94. The molecule has 2 heterocycles. The second-order valence-electron chi connectivity index (χ2n) is 5.79. The van der Waals surface area contributed by atoms with Crippen molar-refractivity contribution in [2.75, 3.05) is 11.1 Å². The number of nitrogens with zero attached hydrogens (tertiary/aromatic N) is 4. The zero-order chi connectivity index (χ0) is 15.5. The third-order valence-corrected chi connectivity index (χ3v) is 9.59. The lowest BCUT2D eigenvalue weighted by Crippen LogP contribution is -2.67. The third-order valence-electron chi connectivity index (χ3n) is 4.60. The van der Waals surface area contributed by atoms with Crippen LogP contribution in [0.1, 0.15) is 6.42 Å². The summed E-state index contributed by atoms with van der Waals surface area (Å²) >= 11 is 0. The summed E-state index contributed by atoms with van der Waals surface area (Å²) < 4.78 is 2.44. The molecule has 5 heteroatoms. The number of benzene rings is 2. The highest BCUT2D eigenvalue weighted by Crippen LogP contribution is 2.29. The zero-order valence-electron chi connectivity index (χ0n) is 12.8. The molecule has 0 radical (unpaired) electrons. The monoisotopic (exact) mass is 318 g/mol. The van der Waals surface area contributed by atoms with Gasteiger partial charge in [-0.05, 0) is 22.8 Å². The Labute approximate surface area is 136 Å². The first-order valence-corrected chi connectivity index (χ1v) is 10.1. The number of rotatable bonds is 3. The molecule has 114 valence electrons. The summed E-state index contributed by atoms with van der Waals surface area (Å²) in [7, 11) is -2.09. The molecule has 0 spiro atoms. The van der Waals surface area contributed by atoms with Crippen LogP contribution in [0.3, 0.4) is 0 Å². The van der Waals surface area contributed by atoms with Crippen LogP contribution in [0.15, 0.2) is 73.1 Å². The average Bonchev–Trinajstić information content (AvgIpc) is 3.10. The summed E-state index contributed by atoms with van der Waals surface area (Å²) in [6.07, 6.45) is 4.53. The molecule has 23 heavy (non-hydrogen) atoms. The lowest BCUT2D eigenvalue weighted by atomic mass is 10.4. The molecule has 0 unspecified atom stereocenters. The highest BCUT2D eigenvalue weighted by molar-refractivity contribution is 7.05. The number of hydrogen-bond donors (Lipinski definition) is 0. The maximum absolute atomic E-state index is 4.49. The van der Waals surface area contributed by atoms with Gasteiger partial charge >= 0.3 is 0 Å². The van der Waals surface area contributed by atoms with E-state index in [1.54, 1.807) is 12.4 Å². The second-order valence-corrected chi connectivity index (χ2v) is 9.71. The Bertz CT molecular complexity index is 725. The van der Waals surface area contributed by atoms with E-state index in [1.165, 1.54) is 16.4 Å². The molecular weight excluding hydrogens is 300 g/mol. The van der Waals surface area contributed by atoms with Crippen LogP contribution in [0.25, 0.3) is 0 Å². The Morgan fingerprint density at radius 2 is 1.48 bits per heavy atom. The van der Waals surface area contributed by atoms with Gasteiger partial charge in [0.2, 0.25) is 14.2 Å². The van der Waals surface area contributed by atoms with Crippen molar-refractivity contribution in [2.45, 2.75) is 12.5 Å². The summed E-state index contributed by atoms with van der Waals surface area (Å²) in [5.41, 5.74) is 0. The Morgan fingerprint density at radius 1 is 0.826 bits per heavy atom. The normalized spacial score (nSPS) is 16.4. The van der Waals surface area contributed by atoms with Crippen LogP contribution in [0.4, 0.5) is 5.95 Å². The van der Waals surface area contributed by atoms with Gasteiger partial charge in [0.15, 0.2) is 0 Å². The van der Waals surface area contributed by atoms with Crippen LogP contribution in [-0.2, 0) is 0 Å². The summed E-state index contributed by atoms with van der Waals surface area (Å²) in [6, 6.07) is 22.9. The van der Waals surface area contributed by atoms with Crippen LogP contribution in [0, 0.1) is 0 Å². The second kappa shape index (κ2) is 5.93. The summed E-state index contributed by atoms with van der Waals surface area (Å²) in [5, 5.41) is 11.2. The van der Waals surface area contributed by atoms with Crippen LogP contribution >= 0.6 is 0 Å². The number of anilines is 1. The van der Waals surface area contributed by atoms with E-state index in [1.807, 2.05) is 0 Å². The van der Waals surface area contributed by atoms with Crippen molar-refractivity contribution in [1.82, 2.24) is 15.2 Å². The molecule has 0 atom stereocenters. The van der Waals surface area contributed by atoms with E-state index in [4.69, 9.17) is 0 Å². The Morgan fingerprint density at radius 3 is 2.04 bits per heavy atom. The lowest BCUT2D eigenvalue weighted by molar-refractivity contribution is 0.892. The van der Waals surface area contributed by atoms with E-state index in [-0.39, 0.29) is 0 Å². The van der Waals surface area contributed by atoms with Crippen molar-refractivity contribution in [3.8, 4) is 0 Å². The molecular formula is C18H18N4Si. The minimum atomic E-state index is -2.09. The van der Waals surface area contributed by atoms with Crippen LogP contribution in [-0.4, -0.2) is 30.0 Å². The zero-order valence-corrected chi connectivity index (χ0v) is 13.8. The van der Waals surface area contributed by atoms with E-state index >= 15 is 0 Å². The van der Waals surface area contributed by atoms with Crippen LogP contribution in [0.5, 0.6) is 0 Å². The first-order chi connectivity index (χ1) is 11.4. The smallest absolute Gasteiger partial charge is 0.237 e. The van der Waals surface area contributed by atoms with Crippen molar-refractivity contribution < 1.29 is 0 Å². The van der Waals surface area contributed by atoms with Gasteiger partial charge in [-0.25, -0.2) is 4.98 Å². The van der Waals surface area contributed by atoms with Gasteiger partial charge < -0.3 is 4.57 Å². The van der Waals surface area contributed by atoms with Crippen molar-refractivity contribution in [2.24, 2.45) is 0 Å². The Balaban J connectivity index is 1.93. The highest BCUT2D eigenvalue weighted by Gasteiger charge is 2.48. The SMILES string of the molecule is c1ccc([Si]2(c3ccccc3)CCCN2c2nccnn2)cc1. The minimum absolute atomic E-state index is 0.754. The van der Waals surface area contributed by atoms with Crippen molar-refractivity contribution in [3.63, 3.8) is 0 Å². The molecule has 4 nitrogen and oxygen atoms in total. The largest absolute Gasteiger partial charge is 0.358 e. The van der Waals surface area contributed by atoms with Crippen LogP contribution < -0.4 is 14.9 Å². The summed E-state index contributed by atoms with van der Waals surface area (Å²) in [4.78, 5) is 4.49. The van der Waals surface area contributed by atoms with Gasteiger partial charge in [-0.2, -0.15) is 5.10 Å². The standard InChI is InChI=1S/C18H18N4Si/c1-3-8-16(9-4-1)23(17-10-5-2-6-11-17)15-7-14-22(23)18-19-12-13-20-21-18/h1-6,8-13H,7,14-15H2.